The van der Waals surface area contributed by atoms with Crippen LogP contribution in [-0.4, -0.2) is 0 Å². The number of hydrogen-bond acceptors (Lipinski definition) is 2. The van der Waals surface area contributed by atoms with Crippen molar-refractivity contribution in [2.24, 2.45) is 11.7 Å². The number of nitrogens with two attached hydrogens (primary N) is 1. The molecule has 2 unspecified atom stereocenters. The van der Waals surface area contributed by atoms with Gasteiger partial charge in [-0.3, -0.25) is 0 Å². The first-order valence-electron chi connectivity index (χ1n) is 4.51. The van der Waals surface area contributed by atoms with Crippen LogP contribution in [0.2, 0.25) is 0 Å². The van der Waals surface area contributed by atoms with Crippen molar-refractivity contribution in [3.8, 4) is 0 Å². The zero-order chi connectivity index (χ0) is 10.1. The molecule has 0 saturated carbocycles. The van der Waals surface area contributed by atoms with E-state index in [0.29, 0.717) is 5.92 Å². The highest BCUT2D eigenvalue weighted by Crippen LogP contribution is 2.35. The molecule has 0 aliphatic carbocycles. The molecule has 0 fully saturated rings. The van der Waals surface area contributed by atoms with E-state index in [9.17, 15) is 0 Å². The van der Waals surface area contributed by atoms with E-state index in [1.54, 1.807) is 11.3 Å². The average Bonchev–Trinajstić information content (AvgIpc) is 2.50. The minimum Gasteiger partial charge on any atom is -0.321 e. The van der Waals surface area contributed by atoms with Crippen LogP contribution in [0.25, 0.3) is 0 Å². The molecule has 1 nitrogen and oxygen atoms in total. The number of rotatable bonds is 3. The lowest BCUT2D eigenvalue weighted by Crippen LogP contribution is -2.39. The van der Waals surface area contributed by atoms with E-state index >= 15 is 0 Å². The zero-order valence-electron chi connectivity index (χ0n) is 8.30. The fourth-order valence-electron chi connectivity index (χ4n) is 1.36. The van der Waals surface area contributed by atoms with Gasteiger partial charge in [0, 0.05) is 15.4 Å². The fourth-order valence-corrected chi connectivity index (χ4v) is 3.20. The topological polar surface area (TPSA) is 26.0 Å². The molecule has 0 aliphatic rings. The molecule has 2 atom stereocenters. The van der Waals surface area contributed by atoms with Crippen molar-refractivity contribution in [3.05, 3.63) is 20.8 Å². The van der Waals surface area contributed by atoms with E-state index in [2.05, 4.69) is 47.5 Å². The van der Waals surface area contributed by atoms with Gasteiger partial charge in [0.25, 0.3) is 0 Å². The summed E-state index contributed by atoms with van der Waals surface area (Å²) in [6.07, 6.45) is 1.11. The molecule has 0 spiro atoms. The number of hydrogen-bond donors (Lipinski definition) is 1. The van der Waals surface area contributed by atoms with Crippen LogP contribution in [0.5, 0.6) is 0 Å². The fraction of sp³-hybridized carbons (Fsp3) is 0.600. The normalized spacial score (nSPS) is 18.2. The SMILES string of the molecule is CCC(C)C(C)(N)c1cscc1Br. The van der Waals surface area contributed by atoms with Crippen molar-refractivity contribution in [1.29, 1.82) is 0 Å². The summed E-state index contributed by atoms with van der Waals surface area (Å²) in [6, 6.07) is 0. The average molecular weight is 262 g/mol. The summed E-state index contributed by atoms with van der Waals surface area (Å²) < 4.78 is 1.14. The van der Waals surface area contributed by atoms with Crippen LogP contribution in [0.15, 0.2) is 15.2 Å². The molecular weight excluding hydrogens is 246 g/mol. The lowest BCUT2D eigenvalue weighted by molar-refractivity contribution is 0.316. The van der Waals surface area contributed by atoms with Gasteiger partial charge in [0.1, 0.15) is 0 Å². The highest BCUT2D eigenvalue weighted by molar-refractivity contribution is 9.10. The molecule has 0 aliphatic heterocycles. The van der Waals surface area contributed by atoms with E-state index in [1.165, 1.54) is 5.56 Å². The molecule has 1 rings (SSSR count). The predicted molar refractivity (Wildman–Crippen MR) is 63.0 cm³/mol. The second kappa shape index (κ2) is 4.11. The summed E-state index contributed by atoms with van der Waals surface area (Å²) in [6.45, 7) is 6.48. The molecule has 0 aromatic carbocycles. The molecule has 13 heavy (non-hydrogen) atoms. The smallest absolute Gasteiger partial charge is 0.0426 e. The van der Waals surface area contributed by atoms with Gasteiger partial charge in [0.15, 0.2) is 0 Å². The van der Waals surface area contributed by atoms with Crippen LogP contribution in [-0.2, 0) is 5.54 Å². The Bertz CT molecular complexity index is 280. The Morgan fingerprint density at radius 1 is 1.62 bits per heavy atom. The molecule has 3 heteroatoms. The third-order valence-corrected chi connectivity index (χ3v) is 4.53. The van der Waals surface area contributed by atoms with Gasteiger partial charge in [-0.2, -0.15) is 11.3 Å². The molecule has 0 saturated heterocycles. The summed E-state index contributed by atoms with van der Waals surface area (Å²) in [7, 11) is 0. The van der Waals surface area contributed by atoms with Gasteiger partial charge in [-0.15, -0.1) is 0 Å². The third-order valence-electron chi connectivity index (χ3n) is 2.83. The Morgan fingerprint density at radius 3 is 2.62 bits per heavy atom. The first kappa shape index (κ1) is 11.2. The van der Waals surface area contributed by atoms with E-state index < -0.39 is 0 Å². The Morgan fingerprint density at radius 2 is 2.23 bits per heavy atom. The van der Waals surface area contributed by atoms with Crippen molar-refractivity contribution in [2.75, 3.05) is 0 Å². The van der Waals surface area contributed by atoms with Gasteiger partial charge in [0.2, 0.25) is 0 Å². The van der Waals surface area contributed by atoms with Crippen LogP contribution in [0.3, 0.4) is 0 Å². The standard InChI is InChI=1S/C10H16BrNS/c1-4-7(2)10(3,12)8-5-13-6-9(8)11/h5-7H,4,12H2,1-3H3. The molecular formula is C10H16BrNS. The van der Waals surface area contributed by atoms with Gasteiger partial charge >= 0.3 is 0 Å². The summed E-state index contributed by atoms with van der Waals surface area (Å²) in [5.74, 6) is 0.499. The minimum atomic E-state index is -0.215. The van der Waals surface area contributed by atoms with Crippen LogP contribution in [0.4, 0.5) is 0 Å². The van der Waals surface area contributed by atoms with Crippen LogP contribution < -0.4 is 5.73 Å². The molecule has 1 aromatic heterocycles. The molecule has 1 heterocycles. The summed E-state index contributed by atoms with van der Waals surface area (Å²) >= 11 is 5.22. The van der Waals surface area contributed by atoms with Crippen molar-refractivity contribution in [3.63, 3.8) is 0 Å². The lowest BCUT2D eigenvalue weighted by atomic mass is 9.81. The van der Waals surface area contributed by atoms with Gasteiger partial charge in [-0.1, -0.05) is 20.3 Å². The summed E-state index contributed by atoms with van der Waals surface area (Å²) in [4.78, 5) is 0. The van der Waals surface area contributed by atoms with Crippen LogP contribution in [0, 0.1) is 5.92 Å². The number of halogens is 1. The van der Waals surface area contributed by atoms with Gasteiger partial charge in [-0.25, -0.2) is 0 Å². The highest BCUT2D eigenvalue weighted by atomic mass is 79.9. The maximum Gasteiger partial charge on any atom is 0.0426 e. The van der Waals surface area contributed by atoms with E-state index in [0.717, 1.165) is 10.9 Å². The molecule has 0 bridgehead atoms. The second-order valence-electron chi connectivity index (χ2n) is 3.73. The Labute approximate surface area is 92.5 Å². The quantitative estimate of drug-likeness (QED) is 0.882. The summed E-state index contributed by atoms with van der Waals surface area (Å²) in [5, 5.41) is 4.22. The highest BCUT2D eigenvalue weighted by Gasteiger charge is 2.29. The largest absolute Gasteiger partial charge is 0.321 e. The van der Waals surface area contributed by atoms with E-state index in [1.807, 2.05) is 0 Å². The Balaban J connectivity index is 2.99. The van der Waals surface area contributed by atoms with Crippen molar-refractivity contribution >= 4 is 27.3 Å². The van der Waals surface area contributed by atoms with Crippen molar-refractivity contribution in [1.82, 2.24) is 0 Å². The van der Waals surface area contributed by atoms with Gasteiger partial charge in [0.05, 0.1) is 0 Å². The summed E-state index contributed by atoms with van der Waals surface area (Å²) in [5.41, 5.74) is 7.33. The monoisotopic (exact) mass is 261 g/mol. The lowest BCUT2D eigenvalue weighted by Gasteiger charge is -2.31. The van der Waals surface area contributed by atoms with Crippen LogP contribution in [0.1, 0.15) is 32.8 Å². The second-order valence-corrected chi connectivity index (χ2v) is 5.32. The van der Waals surface area contributed by atoms with Gasteiger partial charge in [-0.05, 0) is 39.7 Å². The van der Waals surface area contributed by atoms with Crippen LogP contribution >= 0.6 is 27.3 Å². The third kappa shape index (κ3) is 2.14. The molecule has 74 valence electrons. The Hall–Kier alpha value is 0.140. The first-order valence-corrected chi connectivity index (χ1v) is 6.24. The maximum atomic E-state index is 6.31. The van der Waals surface area contributed by atoms with Crippen molar-refractivity contribution < 1.29 is 0 Å². The van der Waals surface area contributed by atoms with Gasteiger partial charge < -0.3 is 5.73 Å². The Kier molecular flexibility index (Phi) is 3.55. The molecule has 1 aromatic rings. The molecule has 0 amide bonds. The van der Waals surface area contributed by atoms with E-state index in [4.69, 9.17) is 5.73 Å². The molecule has 0 radical (unpaired) electrons. The maximum absolute atomic E-state index is 6.31. The minimum absolute atomic E-state index is 0.215. The number of thiophene rings is 1. The molecule has 2 N–H and O–H groups in total. The predicted octanol–water partition coefficient (Wildman–Crippen LogP) is 3.73. The van der Waals surface area contributed by atoms with E-state index in [-0.39, 0.29) is 5.54 Å². The first-order chi connectivity index (χ1) is 6.00. The zero-order valence-corrected chi connectivity index (χ0v) is 10.7. The van der Waals surface area contributed by atoms with Crippen molar-refractivity contribution in [2.45, 2.75) is 32.7 Å².